The SMILES string of the molecule is CC1(C(=O)NC(=S)Nc2nccs2)CC1(Cl)Cl. The van der Waals surface area contributed by atoms with Gasteiger partial charge in [-0.1, -0.05) is 0 Å². The summed E-state index contributed by atoms with van der Waals surface area (Å²) in [5.74, 6) is -0.281. The number of nitrogens with one attached hydrogen (secondary N) is 2. The number of aromatic nitrogens is 1. The average Bonchev–Trinajstić information content (AvgIpc) is 2.64. The van der Waals surface area contributed by atoms with Gasteiger partial charge in [-0.05, 0) is 25.6 Å². The summed E-state index contributed by atoms with van der Waals surface area (Å²) < 4.78 is -0.992. The van der Waals surface area contributed by atoms with Crippen molar-refractivity contribution in [3.8, 4) is 0 Å². The molecule has 1 unspecified atom stereocenters. The predicted molar refractivity (Wildman–Crippen MR) is 73.6 cm³/mol. The molecule has 17 heavy (non-hydrogen) atoms. The Kier molecular flexibility index (Phi) is 3.33. The lowest BCUT2D eigenvalue weighted by atomic mass is 10.1. The maximum atomic E-state index is 11.9. The first-order chi connectivity index (χ1) is 7.85. The van der Waals surface area contributed by atoms with E-state index >= 15 is 0 Å². The van der Waals surface area contributed by atoms with Gasteiger partial charge in [0.25, 0.3) is 0 Å². The van der Waals surface area contributed by atoms with Crippen LogP contribution in [-0.4, -0.2) is 20.3 Å². The quantitative estimate of drug-likeness (QED) is 0.651. The number of anilines is 1. The van der Waals surface area contributed by atoms with Gasteiger partial charge in [0.15, 0.2) is 10.2 Å². The van der Waals surface area contributed by atoms with Gasteiger partial charge in [-0.2, -0.15) is 0 Å². The smallest absolute Gasteiger partial charge is 0.235 e. The number of alkyl halides is 2. The molecule has 1 fully saturated rings. The molecule has 1 atom stereocenters. The zero-order valence-electron chi connectivity index (χ0n) is 8.79. The Morgan fingerprint density at radius 1 is 1.65 bits per heavy atom. The van der Waals surface area contributed by atoms with Crippen LogP contribution >= 0.6 is 46.8 Å². The van der Waals surface area contributed by atoms with E-state index in [4.69, 9.17) is 35.4 Å². The number of carbonyl (C=O) groups is 1. The average molecular weight is 310 g/mol. The molecule has 1 aliphatic carbocycles. The third-order valence-corrected chi connectivity index (χ3v) is 4.63. The number of amides is 1. The first-order valence-electron chi connectivity index (χ1n) is 4.75. The number of rotatable bonds is 2. The molecule has 1 heterocycles. The van der Waals surface area contributed by atoms with Crippen molar-refractivity contribution < 1.29 is 4.79 Å². The summed E-state index contributed by atoms with van der Waals surface area (Å²) >= 11 is 18.2. The molecule has 8 heteroatoms. The monoisotopic (exact) mass is 309 g/mol. The van der Waals surface area contributed by atoms with E-state index in [9.17, 15) is 4.79 Å². The molecule has 2 N–H and O–H groups in total. The molecular formula is C9H9Cl2N3OS2. The van der Waals surface area contributed by atoms with Crippen LogP contribution in [0, 0.1) is 5.41 Å². The molecular weight excluding hydrogens is 301 g/mol. The second kappa shape index (κ2) is 4.35. The minimum absolute atomic E-state index is 0.196. The number of thiazole rings is 1. The van der Waals surface area contributed by atoms with Crippen LogP contribution in [0.1, 0.15) is 13.3 Å². The highest BCUT2D eigenvalue weighted by molar-refractivity contribution is 7.80. The van der Waals surface area contributed by atoms with Crippen molar-refractivity contribution >= 4 is 62.9 Å². The Morgan fingerprint density at radius 2 is 2.29 bits per heavy atom. The van der Waals surface area contributed by atoms with Crippen LogP contribution in [0.2, 0.25) is 0 Å². The van der Waals surface area contributed by atoms with Crippen molar-refractivity contribution in [2.75, 3.05) is 5.32 Å². The maximum Gasteiger partial charge on any atom is 0.235 e. The first-order valence-corrected chi connectivity index (χ1v) is 6.79. The van der Waals surface area contributed by atoms with Crippen LogP contribution in [-0.2, 0) is 4.79 Å². The standard InChI is InChI=1S/C9H9Cl2N3OS2/c1-8(4-9(8,10)11)5(15)13-6(16)14-7-12-2-3-17-7/h2-3H,4H2,1H3,(H2,12,13,14,15,16). The van der Waals surface area contributed by atoms with Crippen molar-refractivity contribution in [1.82, 2.24) is 10.3 Å². The normalized spacial score (nSPS) is 25.1. The minimum Gasteiger partial charge on any atom is -0.308 e. The predicted octanol–water partition coefficient (Wildman–Crippen LogP) is 2.54. The van der Waals surface area contributed by atoms with Crippen molar-refractivity contribution in [3.05, 3.63) is 11.6 Å². The fourth-order valence-electron chi connectivity index (χ4n) is 1.30. The fourth-order valence-corrected chi connectivity index (χ4v) is 2.79. The Bertz CT molecular complexity index is 463. The van der Waals surface area contributed by atoms with Gasteiger partial charge in [0.1, 0.15) is 4.33 Å². The van der Waals surface area contributed by atoms with E-state index in [1.807, 2.05) is 0 Å². The van der Waals surface area contributed by atoms with E-state index in [1.54, 1.807) is 18.5 Å². The summed E-state index contributed by atoms with van der Waals surface area (Å²) in [6.07, 6.45) is 2.07. The third kappa shape index (κ3) is 2.54. The van der Waals surface area contributed by atoms with Crippen LogP contribution in [0.15, 0.2) is 11.6 Å². The number of halogens is 2. The van der Waals surface area contributed by atoms with Crippen molar-refractivity contribution in [3.63, 3.8) is 0 Å². The number of hydrogen-bond acceptors (Lipinski definition) is 4. The lowest BCUT2D eigenvalue weighted by molar-refractivity contribution is -0.124. The van der Waals surface area contributed by atoms with Gasteiger partial charge in [0, 0.05) is 11.6 Å². The minimum atomic E-state index is -0.992. The van der Waals surface area contributed by atoms with Crippen molar-refractivity contribution in [2.45, 2.75) is 17.7 Å². The molecule has 0 radical (unpaired) electrons. The van der Waals surface area contributed by atoms with Crippen molar-refractivity contribution in [1.29, 1.82) is 0 Å². The van der Waals surface area contributed by atoms with E-state index in [-0.39, 0.29) is 11.0 Å². The molecule has 1 aromatic rings. The molecule has 92 valence electrons. The molecule has 0 bridgehead atoms. The number of carbonyl (C=O) groups excluding carboxylic acids is 1. The second-order valence-electron chi connectivity index (χ2n) is 3.96. The van der Waals surface area contributed by atoms with E-state index in [2.05, 4.69) is 15.6 Å². The Morgan fingerprint density at radius 3 is 2.76 bits per heavy atom. The summed E-state index contributed by atoms with van der Waals surface area (Å²) in [6, 6.07) is 0. The van der Waals surface area contributed by atoms with Gasteiger partial charge >= 0.3 is 0 Å². The van der Waals surface area contributed by atoms with Gasteiger partial charge in [0.05, 0.1) is 5.41 Å². The largest absolute Gasteiger partial charge is 0.308 e. The Hall–Kier alpha value is -0.430. The van der Waals surface area contributed by atoms with Crippen LogP contribution in [0.4, 0.5) is 5.13 Å². The van der Waals surface area contributed by atoms with Gasteiger partial charge in [-0.15, -0.1) is 34.5 Å². The van der Waals surface area contributed by atoms with E-state index in [0.717, 1.165) is 0 Å². The topological polar surface area (TPSA) is 54.0 Å². The van der Waals surface area contributed by atoms with Crippen molar-refractivity contribution in [2.24, 2.45) is 5.41 Å². The van der Waals surface area contributed by atoms with Crippen LogP contribution < -0.4 is 10.6 Å². The summed E-state index contributed by atoms with van der Waals surface area (Å²) in [4.78, 5) is 15.8. The lowest BCUT2D eigenvalue weighted by Crippen LogP contribution is -2.40. The molecule has 0 spiro atoms. The Balaban J connectivity index is 1.90. The molecule has 1 amide bonds. The highest BCUT2D eigenvalue weighted by Crippen LogP contribution is 2.63. The molecule has 1 aliphatic rings. The van der Waals surface area contributed by atoms with Gasteiger partial charge in [-0.25, -0.2) is 4.98 Å². The van der Waals surface area contributed by atoms with E-state index in [0.29, 0.717) is 11.6 Å². The number of hydrogen-bond donors (Lipinski definition) is 2. The maximum absolute atomic E-state index is 11.9. The molecule has 0 aliphatic heterocycles. The Labute approximate surface area is 118 Å². The first kappa shape index (κ1) is 13.0. The zero-order valence-corrected chi connectivity index (χ0v) is 11.9. The number of nitrogens with zero attached hydrogens (tertiary/aromatic N) is 1. The molecule has 0 aromatic carbocycles. The second-order valence-corrected chi connectivity index (χ2v) is 6.75. The molecule has 2 rings (SSSR count). The van der Waals surface area contributed by atoms with Gasteiger partial charge in [-0.3, -0.25) is 4.79 Å². The fraction of sp³-hybridized carbons (Fsp3) is 0.444. The van der Waals surface area contributed by atoms with Gasteiger partial charge in [0.2, 0.25) is 5.91 Å². The van der Waals surface area contributed by atoms with Crippen LogP contribution in [0.25, 0.3) is 0 Å². The lowest BCUT2D eigenvalue weighted by Gasteiger charge is -2.13. The zero-order chi connectivity index (χ0) is 12.7. The summed E-state index contributed by atoms with van der Waals surface area (Å²) in [7, 11) is 0. The van der Waals surface area contributed by atoms with E-state index in [1.165, 1.54) is 11.3 Å². The number of thiocarbonyl (C=S) groups is 1. The van der Waals surface area contributed by atoms with Crippen LogP contribution in [0.5, 0.6) is 0 Å². The molecule has 0 saturated heterocycles. The highest BCUT2D eigenvalue weighted by Gasteiger charge is 2.68. The summed E-state index contributed by atoms with van der Waals surface area (Å²) in [5, 5.41) is 7.98. The van der Waals surface area contributed by atoms with Crippen LogP contribution in [0.3, 0.4) is 0 Å². The van der Waals surface area contributed by atoms with E-state index < -0.39 is 9.75 Å². The molecule has 4 nitrogen and oxygen atoms in total. The summed E-state index contributed by atoms with van der Waals surface area (Å²) in [6.45, 7) is 1.70. The summed E-state index contributed by atoms with van der Waals surface area (Å²) in [5.41, 5.74) is -0.773. The molecule has 1 aromatic heterocycles. The highest BCUT2D eigenvalue weighted by atomic mass is 35.5. The van der Waals surface area contributed by atoms with Gasteiger partial charge < -0.3 is 10.6 Å². The molecule has 1 saturated carbocycles. The third-order valence-electron chi connectivity index (χ3n) is 2.64.